The molecule has 0 bridgehead atoms. The molecule has 0 spiro atoms. The van der Waals surface area contributed by atoms with Crippen molar-refractivity contribution in [2.75, 3.05) is 0 Å². The summed E-state index contributed by atoms with van der Waals surface area (Å²) in [5.41, 5.74) is 0. The molecule has 8 heteroatoms. The van der Waals surface area contributed by atoms with Gasteiger partial charge in [0, 0.05) is 0 Å². The van der Waals surface area contributed by atoms with Gasteiger partial charge < -0.3 is 22.6 Å². The van der Waals surface area contributed by atoms with Crippen LogP contribution in [0.25, 0.3) is 0 Å². The molecule has 0 rings (SSSR count). The van der Waals surface area contributed by atoms with Gasteiger partial charge in [-0.1, -0.05) is 0 Å². The minimum Gasteiger partial charge on any atom is -1.00 e. The van der Waals surface area contributed by atoms with Crippen molar-refractivity contribution in [1.29, 1.82) is 0 Å². The Balaban J connectivity index is -0.0000000533. The number of hydrogen-bond donors (Lipinski definition) is 3. The summed E-state index contributed by atoms with van der Waals surface area (Å²) in [6.45, 7) is 0. The van der Waals surface area contributed by atoms with Crippen molar-refractivity contribution in [1.82, 2.24) is 0 Å². The number of hydrogen-bond acceptors (Lipinski definition) is 5. The van der Waals surface area contributed by atoms with Crippen LogP contribution in [0.15, 0.2) is 0 Å². The van der Waals surface area contributed by atoms with Crippen LogP contribution in [-0.4, -0.2) is 37.7 Å². The van der Waals surface area contributed by atoms with Crippen molar-refractivity contribution in [3.63, 3.8) is 0 Å². The van der Waals surface area contributed by atoms with Crippen LogP contribution in [-0.2, 0) is 9.22 Å². The topological polar surface area (TPSA) is 87.0 Å². The second kappa shape index (κ2) is 8.18. The Labute approximate surface area is 114 Å². The molecule has 0 saturated carbocycles. The van der Waals surface area contributed by atoms with E-state index in [4.69, 9.17) is 15.3 Å². The summed E-state index contributed by atoms with van der Waals surface area (Å²) < 4.78 is 4.15. The maximum Gasteiger partial charge on any atom is 1.00 e. The summed E-state index contributed by atoms with van der Waals surface area (Å²) in [6.07, 6.45) is -0.809. The van der Waals surface area contributed by atoms with Crippen molar-refractivity contribution in [2.24, 2.45) is 0 Å². The summed E-state index contributed by atoms with van der Waals surface area (Å²) in [7, 11) is 0.183. The first kappa shape index (κ1) is 18.4. The minimum absolute atomic E-state index is 0. The summed E-state index contributed by atoms with van der Waals surface area (Å²) in [5, 5.41) is 24.4. The van der Waals surface area contributed by atoms with Crippen LogP contribution in [0.5, 0.6) is 0 Å². The number of carbonyl (C=O) groups is 1. The average Bonchev–Trinajstić information content (AvgIpc) is 1.62. The Morgan fingerprint density at radius 1 is 1.45 bits per heavy atom. The van der Waals surface area contributed by atoms with E-state index in [9.17, 15) is 4.79 Å². The molecule has 0 heterocycles. The van der Waals surface area contributed by atoms with Crippen molar-refractivity contribution < 1.29 is 86.5 Å². The average molecular weight is 200 g/mol. The first-order valence-corrected chi connectivity index (χ1v) is 3.01. The third kappa shape index (κ3) is 14.4. The molecule has 0 radical (unpaired) electrons. The van der Waals surface area contributed by atoms with E-state index in [-0.39, 0.29) is 72.5 Å². The molecule has 0 amide bonds. The third-order valence-corrected chi connectivity index (χ3v) is 1.06. The van der Waals surface area contributed by atoms with E-state index in [2.05, 4.69) is 4.43 Å². The van der Waals surface area contributed by atoms with Crippen LogP contribution in [0.4, 0.5) is 0 Å². The van der Waals surface area contributed by atoms with Crippen molar-refractivity contribution in [3.8, 4) is 0 Å². The molecule has 0 unspecified atom stereocenters. The Morgan fingerprint density at radius 2 is 1.82 bits per heavy atom. The van der Waals surface area contributed by atoms with E-state index < -0.39 is 18.4 Å². The minimum atomic E-state index is -2.93. The predicted molar refractivity (Wildman–Crippen MR) is 32.3 cm³/mol. The summed E-state index contributed by atoms with van der Waals surface area (Å²) in [6, 6.07) is 0. The largest absolute Gasteiger partial charge is 1.00 e. The third-order valence-electron chi connectivity index (χ3n) is 0.609. The second-order valence-electron chi connectivity index (χ2n) is 1.53. The SMILES string of the molecule is O=C(CC(O)(O)O)O[SiH3].[H-].[H-].[Na+].[Na+]. The molecule has 3 N–H and O–H groups in total. The van der Waals surface area contributed by atoms with E-state index in [1.165, 1.54) is 0 Å². The summed E-state index contributed by atoms with van der Waals surface area (Å²) >= 11 is 0. The van der Waals surface area contributed by atoms with Gasteiger partial charge in [-0.25, -0.2) is 0 Å². The Morgan fingerprint density at radius 3 is 1.91 bits per heavy atom. The molecule has 0 aliphatic heterocycles. The van der Waals surface area contributed by atoms with Crippen LogP contribution in [0.2, 0.25) is 0 Å². The second-order valence-corrected chi connectivity index (χ2v) is 1.94. The molecule has 0 aromatic rings. The van der Waals surface area contributed by atoms with Crippen molar-refractivity contribution in [3.05, 3.63) is 0 Å². The van der Waals surface area contributed by atoms with Gasteiger partial charge in [-0.2, -0.15) is 0 Å². The summed E-state index contributed by atoms with van der Waals surface area (Å²) in [4.78, 5) is 10.2. The van der Waals surface area contributed by atoms with Gasteiger partial charge in [-0.05, 0) is 0 Å². The van der Waals surface area contributed by atoms with Crippen LogP contribution in [0.1, 0.15) is 9.27 Å². The standard InChI is InChI=1S/C3H8O5Si.2Na.2H/c4-2(8-9)1-3(5,6)7;;;;/h5-7H,1H2,9H3;;;;/q;2*+1;2*-1. The smallest absolute Gasteiger partial charge is 1.00 e. The fraction of sp³-hybridized carbons (Fsp3) is 0.667. The molecule has 58 valence electrons. The van der Waals surface area contributed by atoms with Crippen LogP contribution in [0.3, 0.4) is 0 Å². The van der Waals surface area contributed by atoms with Crippen molar-refractivity contribution in [2.45, 2.75) is 12.4 Å². The van der Waals surface area contributed by atoms with Gasteiger partial charge in [0.05, 0.1) is 0 Å². The van der Waals surface area contributed by atoms with Gasteiger partial charge in [0.25, 0.3) is 11.9 Å². The summed E-state index contributed by atoms with van der Waals surface area (Å²) in [5.74, 6) is -3.75. The predicted octanol–water partition coefficient (Wildman–Crippen LogP) is -8.94. The quantitative estimate of drug-likeness (QED) is 0.304. The number of aliphatic hydroxyl groups is 3. The molecular weight excluding hydrogens is 190 g/mol. The van der Waals surface area contributed by atoms with E-state index in [1.807, 2.05) is 0 Å². The van der Waals surface area contributed by atoms with Crippen LogP contribution in [0, 0.1) is 0 Å². The molecule has 5 nitrogen and oxygen atoms in total. The van der Waals surface area contributed by atoms with Crippen molar-refractivity contribution >= 4 is 16.5 Å². The molecule has 0 aromatic carbocycles. The normalized spacial score (nSPS) is 9.36. The van der Waals surface area contributed by atoms with E-state index in [0.717, 1.165) is 0 Å². The van der Waals surface area contributed by atoms with E-state index >= 15 is 0 Å². The molecular formula is C3H10Na2O5Si. The number of rotatable bonds is 2. The van der Waals surface area contributed by atoms with Gasteiger partial charge in [-0.3, -0.25) is 4.79 Å². The zero-order chi connectivity index (χ0) is 7.49. The van der Waals surface area contributed by atoms with Gasteiger partial charge in [0.2, 0.25) is 10.5 Å². The fourth-order valence-corrected chi connectivity index (χ4v) is 0.410. The maximum absolute atomic E-state index is 10.2. The van der Waals surface area contributed by atoms with E-state index in [0.29, 0.717) is 0 Å². The Bertz CT molecular complexity index is 121. The monoisotopic (exact) mass is 200 g/mol. The van der Waals surface area contributed by atoms with E-state index in [1.54, 1.807) is 0 Å². The molecule has 0 fully saturated rings. The molecule has 0 aromatic heterocycles. The van der Waals surface area contributed by atoms with Gasteiger partial charge in [-0.15, -0.1) is 0 Å². The molecule has 0 saturated heterocycles. The number of carbonyl (C=O) groups excluding carboxylic acids is 1. The molecule has 0 atom stereocenters. The van der Waals surface area contributed by atoms with Crippen LogP contribution >= 0.6 is 0 Å². The maximum atomic E-state index is 10.2. The Kier molecular flexibility index (Phi) is 13.7. The molecule has 0 aliphatic carbocycles. The molecule has 11 heavy (non-hydrogen) atoms. The fourth-order valence-electron chi connectivity index (χ4n) is 0.266. The van der Waals surface area contributed by atoms with Gasteiger partial charge in [0.15, 0.2) is 0 Å². The zero-order valence-electron chi connectivity index (χ0n) is 8.87. The first-order chi connectivity index (χ1) is 3.95. The zero-order valence-corrected chi connectivity index (χ0v) is 12.9. The first-order valence-electron chi connectivity index (χ1n) is 2.19. The molecule has 0 aliphatic rings. The van der Waals surface area contributed by atoms with Crippen LogP contribution < -0.4 is 59.1 Å². The van der Waals surface area contributed by atoms with Gasteiger partial charge in [0.1, 0.15) is 6.42 Å². The Hall–Kier alpha value is 1.57. The van der Waals surface area contributed by atoms with Gasteiger partial charge >= 0.3 is 59.1 Å².